The first-order chi connectivity index (χ1) is 8.63. The molecule has 1 aliphatic carbocycles. The minimum absolute atomic E-state index is 0.499. The van der Waals surface area contributed by atoms with Crippen LogP contribution in [-0.2, 0) is 6.54 Å². The van der Waals surface area contributed by atoms with Gasteiger partial charge >= 0.3 is 0 Å². The lowest BCUT2D eigenvalue weighted by Crippen LogP contribution is -2.29. The Bertz CT molecular complexity index is 399. The molecule has 2 nitrogen and oxygen atoms in total. The van der Waals surface area contributed by atoms with Gasteiger partial charge in [0.2, 0.25) is 0 Å². The van der Waals surface area contributed by atoms with E-state index in [0.29, 0.717) is 5.41 Å². The second-order valence-corrected chi connectivity index (χ2v) is 6.49. The monoisotopic (exact) mass is 311 g/mol. The summed E-state index contributed by atoms with van der Waals surface area (Å²) in [7, 11) is 1.73. The Kier molecular flexibility index (Phi) is 4.68. The molecular formula is C15H22BrNO. The largest absolute Gasteiger partial charge is 0.496 e. The van der Waals surface area contributed by atoms with E-state index in [2.05, 4.69) is 34.2 Å². The zero-order chi connectivity index (χ0) is 13.0. The fourth-order valence-electron chi connectivity index (χ4n) is 2.79. The summed E-state index contributed by atoms with van der Waals surface area (Å²) in [6.07, 6.45) is 5.49. The average molecular weight is 312 g/mol. The highest BCUT2D eigenvalue weighted by molar-refractivity contribution is 9.10. The predicted molar refractivity (Wildman–Crippen MR) is 79.0 cm³/mol. The summed E-state index contributed by atoms with van der Waals surface area (Å²) in [6, 6.07) is 6.15. The molecule has 2 rings (SSSR count). The van der Waals surface area contributed by atoms with E-state index < -0.39 is 0 Å². The molecule has 1 saturated carbocycles. The van der Waals surface area contributed by atoms with E-state index in [0.717, 1.165) is 23.3 Å². The molecule has 1 aromatic rings. The molecule has 100 valence electrons. The van der Waals surface area contributed by atoms with Gasteiger partial charge in [-0.2, -0.15) is 0 Å². The van der Waals surface area contributed by atoms with Gasteiger partial charge in [-0.05, 0) is 36.5 Å². The van der Waals surface area contributed by atoms with Crippen LogP contribution >= 0.6 is 15.9 Å². The van der Waals surface area contributed by atoms with Gasteiger partial charge in [0, 0.05) is 23.1 Å². The van der Waals surface area contributed by atoms with Gasteiger partial charge in [0.05, 0.1) is 7.11 Å². The highest BCUT2D eigenvalue weighted by atomic mass is 79.9. The summed E-state index contributed by atoms with van der Waals surface area (Å²) in [5.41, 5.74) is 1.72. The van der Waals surface area contributed by atoms with Crippen molar-refractivity contribution in [2.45, 2.75) is 39.2 Å². The van der Waals surface area contributed by atoms with Crippen molar-refractivity contribution in [3.63, 3.8) is 0 Å². The zero-order valence-electron chi connectivity index (χ0n) is 11.3. The van der Waals surface area contributed by atoms with Crippen LogP contribution in [0.15, 0.2) is 22.7 Å². The first-order valence-corrected chi connectivity index (χ1v) is 7.45. The lowest BCUT2D eigenvalue weighted by Gasteiger charge is -2.24. The van der Waals surface area contributed by atoms with E-state index in [1.54, 1.807) is 7.11 Å². The Morgan fingerprint density at radius 3 is 2.72 bits per heavy atom. The summed E-state index contributed by atoms with van der Waals surface area (Å²) in [5.74, 6) is 0.960. The van der Waals surface area contributed by atoms with Gasteiger partial charge in [0.1, 0.15) is 5.75 Å². The summed E-state index contributed by atoms with van der Waals surface area (Å²) in [5, 5.41) is 3.59. The third-order valence-electron chi connectivity index (χ3n) is 3.92. The van der Waals surface area contributed by atoms with Gasteiger partial charge in [0.25, 0.3) is 0 Å². The smallest absolute Gasteiger partial charge is 0.123 e. The van der Waals surface area contributed by atoms with Crippen molar-refractivity contribution in [2.24, 2.45) is 5.41 Å². The molecule has 18 heavy (non-hydrogen) atoms. The molecular weight excluding hydrogens is 290 g/mol. The van der Waals surface area contributed by atoms with E-state index in [1.807, 2.05) is 12.1 Å². The average Bonchev–Trinajstić information content (AvgIpc) is 2.77. The van der Waals surface area contributed by atoms with Crippen molar-refractivity contribution >= 4 is 15.9 Å². The Morgan fingerprint density at radius 2 is 2.06 bits per heavy atom. The minimum Gasteiger partial charge on any atom is -0.496 e. The normalized spacial score (nSPS) is 17.9. The summed E-state index contributed by atoms with van der Waals surface area (Å²) >= 11 is 3.51. The van der Waals surface area contributed by atoms with Crippen LogP contribution in [0.2, 0.25) is 0 Å². The van der Waals surface area contributed by atoms with E-state index in [-0.39, 0.29) is 0 Å². The topological polar surface area (TPSA) is 21.3 Å². The fourth-order valence-corrected chi connectivity index (χ4v) is 3.20. The van der Waals surface area contributed by atoms with Crippen LogP contribution in [0, 0.1) is 5.41 Å². The van der Waals surface area contributed by atoms with Gasteiger partial charge in [-0.3, -0.25) is 0 Å². The quantitative estimate of drug-likeness (QED) is 0.883. The molecule has 0 saturated heterocycles. The fraction of sp³-hybridized carbons (Fsp3) is 0.600. The van der Waals surface area contributed by atoms with Crippen LogP contribution in [0.4, 0.5) is 0 Å². The second kappa shape index (κ2) is 6.07. The van der Waals surface area contributed by atoms with Crippen LogP contribution in [0.5, 0.6) is 5.75 Å². The number of halogens is 1. The van der Waals surface area contributed by atoms with E-state index in [9.17, 15) is 0 Å². The Hall–Kier alpha value is -0.540. The lowest BCUT2D eigenvalue weighted by atomic mass is 9.89. The molecule has 0 spiro atoms. The number of benzene rings is 1. The van der Waals surface area contributed by atoms with Crippen LogP contribution in [0.3, 0.4) is 0 Å². The van der Waals surface area contributed by atoms with Crippen LogP contribution in [0.1, 0.15) is 38.2 Å². The first-order valence-electron chi connectivity index (χ1n) is 6.66. The summed E-state index contributed by atoms with van der Waals surface area (Å²) < 4.78 is 6.49. The number of ether oxygens (including phenoxy) is 1. The minimum atomic E-state index is 0.499. The van der Waals surface area contributed by atoms with Crippen molar-refractivity contribution in [3.05, 3.63) is 28.2 Å². The molecule has 0 heterocycles. The van der Waals surface area contributed by atoms with Crippen molar-refractivity contribution < 1.29 is 4.74 Å². The number of hydrogen-bond donors (Lipinski definition) is 1. The molecule has 0 radical (unpaired) electrons. The Labute approximate surface area is 118 Å². The molecule has 0 bridgehead atoms. The molecule has 0 aliphatic heterocycles. The van der Waals surface area contributed by atoms with Crippen LogP contribution in [-0.4, -0.2) is 13.7 Å². The molecule has 1 aromatic carbocycles. The van der Waals surface area contributed by atoms with Crippen LogP contribution in [0.25, 0.3) is 0 Å². The van der Waals surface area contributed by atoms with Gasteiger partial charge in [-0.1, -0.05) is 35.7 Å². The van der Waals surface area contributed by atoms with Crippen molar-refractivity contribution in [1.29, 1.82) is 0 Å². The molecule has 0 unspecified atom stereocenters. The molecule has 0 amide bonds. The molecule has 0 atom stereocenters. The van der Waals surface area contributed by atoms with Crippen molar-refractivity contribution in [2.75, 3.05) is 13.7 Å². The third kappa shape index (κ3) is 3.48. The first kappa shape index (κ1) is 13.9. The van der Waals surface area contributed by atoms with E-state index >= 15 is 0 Å². The third-order valence-corrected chi connectivity index (χ3v) is 4.41. The molecule has 1 fully saturated rings. The standard InChI is InChI=1S/C15H22BrNO/c1-15(7-3-4-8-15)11-17-10-12-9-13(16)5-6-14(12)18-2/h5-6,9,17H,3-4,7-8,10-11H2,1-2H3. The number of rotatable bonds is 5. The van der Waals surface area contributed by atoms with Gasteiger partial charge < -0.3 is 10.1 Å². The molecule has 1 aliphatic rings. The maximum atomic E-state index is 5.39. The zero-order valence-corrected chi connectivity index (χ0v) is 12.8. The lowest BCUT2D eigenvalue weighted by molar-refractivity contribution is 0.313. The molecule has 1 N–H and O–H groups in total. The maximum absolute atomic E-state index is 5.39. The Morgan fingerprint density at radius 1 is 1.33 bits per heavy atom. The SMILES string of the molecule is COc1ccc(Br)cc1CNCC1(C)CCCC1. The molecule has 3 heteroatoms. The molecule has 0 aromatic heterocycles. The van der Waals surface area contributed by atoms with Crippen LogP contribution < -0.4 is 10.1 Å². The number of hydrogen-bond acceptors (Lipinski definition) is 2. The van der Waals surface area contributed by atoms with Crippen molar-refractivity contribution in [1.82, 2.24) is 5.32 Å². The number of nitrogens with one attached hydrogen (secondary N) is 1. The predicted octanol–water partition coefficient (Wildman–Crippen LogP) is 4.13. The highest BCUT2D eigenvalue weighted by Crippen LogP contribution is 2.36. The number of methoxy groups -OCH3 is 1. The van der Waals surface area contributed by atoms with Gasteiger partial charge in [-0.25, -0.2) is 0 Å². The maximum Gasteiger partial charge on any atom is 0.123 e. The van der Waals surface area contributed by atoms with Gasteiger partial charge in [0.15, 0.2) is 0 Å². The highest BCUT2D eigenvalue weighted by Gasteiger charge is 2.27. The van der Waals surface area contributed by atoms with Gasteiger partial charge in [-0.15, -0.1) is 0 Å². The van der Waals surface area contributed by atoms with E-state index in [4.69, 9.17) is 4.74 Å². The summed E-state index contributed by atoms with van der Waals surface area (Å²) in [6.45, 7) is 4.37. The second-order valence-electron chi connectivity index (χ2n) is 5.58. The van der Waals surface area contributed by atoms with Crippen molar-refractivity contribution in [3.8, 4) is 5.75 Å². The Balaban J connectivity index is 1.91. The van der Waals surface area contributed by atoms with E-state index in [1.165, 1.54) is 31.2 Å². The summed E-state index contributed by atoms with van der Waals surface area (Å²) in [4.78, 5) is 0.